The normalized spacial score (nSPS) is 11.5. The molecule has 16 heavy (non-hydrogen) atoms. The van der Waals surface area contributed by atoms with E-state index in [2.05, 4.69) is 0 Å². The van der Waals surface area contributed by atoms with Gasteiger partial charge >= 0.3 is 0 Å². The van der Waals surface area contributed by atoms with Crippen LogP contribution < -0.4 is 0 Å². The quantitative estimate of drug-likeness (QED) is 0.766. The van der Waals surface area contributed by atoms with Crippen molar-refractivity contribution < 1.29 is 9.47 Å². The molecule has 0 amide bonds. The van der Waals surface area contributed by atoms with Crippen LogP contribution in [0.25, 0.3) is 10.9 Å². The second-order valence-corrected chi connectivity index (χ2v) is 3.95. The number of nitrogens with zero attached hydrogens (tertiary/aromatic N) is 1. The Bertz CT molecular complexity index is 477. The molecule has 0 aliphatic heterocycles. The molecular weight excluding hydrogens is 226 g/mol. The number of fused-ring (bicyclic) bond motifs is 1. The van der Waals surface area contributed by atoms with Gasteiger partial charge in [-0.15, -0.1) is 0 Å². The van der Waals surface area contributed by atoms with Crippen LogP contribution in [-0.4, -0.2) is 25.1 Å². The van der Waals surface area contributed by atoms with Crippen LogP contribution in [0.1, 0.15) is 0 Å². The Morgan fingerprint density at radius 2 is 2.00 bits per heavy atom. The van der Waals surface area contributed by atoms with Crippen LogP contribution in [0.15, 0.2) is 30.5 Å². The molecule has 0 N–H and O–H groups in total. The fraction of sp³-hybridized carbons (Fsp3) is 0.333. The average Bonchev–Trinajstić information content (AvgIpc) is 2.70. The van der Waals surface area contributed by atoms with Gasteiger partial charge in [-0.25, -0.2) is 0 Å². The minimum atomic E-state index is -0.258. The number of benzene rings is 1. The van der Waals surface area contributed by atoms with Crippen LogP contribution in [0.2, 0.25) is 5.02 Å². The Labute approximate surface area is 99.5 Å². The van der Waals surface area contributed by atoms with Gasteiger partial charge in [-0.05, 0) is 12.1 Å². The summed E-state index contributed by atoms with van der Waals surface area (Å²) in [5.41, 5.74) is 1.02. The highest BCUT2D eigenvalue weighted by molar-refractivity contribution is 6.35. The SMILES string of the molecule is COC(Cn1ccc2cccc(Cl)c21)OC. The highest BCUT2D eigenvalue weighted by atomic mass is 35.5. The number of hydrogen-bond donors (Lipinski definition) is 0. The number of aromatic nitrogens is 1. The van der Waals surface area contributed by atoms with E-state index in [9.17, 15) is 0 Å². The second kappa shape index (κ2) is 4.87. The first-order chi connectivity index (χ1) is 7.76. The molecule has 1 aromatic carbocycles. The van der Waals surface area contributed by atoms with Crippen LogP contribution in [0, 0.1) is 0 Å². The molecule has 0 bridgehead atoms. The lowest BCUT2D eigenvalue weighted by molar-refractivity contribution is -0.110. The van der Waals surface area contributed by atoms with Crippen LogP contribution in [0.5, 0.6) is 0 Å². The highest BCUT2D eigenvalue weighted by Gasteiger charge is 2.10. The van der Waals surface area contributed by atoms with Crippen molar-refractivity contribution in [2.45, 2.75) is 12.8 Å². The van der Waals surface area contributed by atoms with Crippen LogP contribution in [-0.2, 0) is 16.0 Å². The van der Waals surface area contributed by atoms with Crippen molar-refractivity contribution in [3.05, 3.63) is 35.5 Å². The maximum Gasteiger partial charge on any atom is 0.174 e. The molecule has 4 heteroatoms. The number of rotatable bonds is 4. The maximum absolute atomic E-state index is 6.17. The summed E-state index contributed by atoms with van der Waals surface area (Å²) in [6.45, 7) is 0.625. The first-order valence-electron chi connectivity index (χ1n) is 5.05. The summed E-state index contributed by atoms with van der Waals surface area (Å²) in [5, 5.41) is 1.87. The summed E-state index contributed by atoms with van der Waals surface area (Å²) in [6.07, 6.45) is 1.73. The largest absolute Gasteiger partial charge is 0.354 e. The van der Waals surface area contributed by atoms with Crippen molar-refractivity contribution in [3.63, 3.8) is 0 Å². The van der Waals surface area contributed by atoms with E-state index in [1.54, 1.807) is 14.2 Å². The first kappa shape index (κ1) is 11.5. The molecule has 86 valence electrons. The summed E-state index contributed by atoms with van der Waals surface area (Å²) >= 11 is 6.17. The predicted molar refractivity (Wildman–Crippen MR) is 64.8 cm³/mol. The maximum atomic E-state index is 6.17. The molecule has 0 unspecified atom stereocenters. The minimum absolute atomic E-state index is 0.258. The number of hydrogen-bond acceptors (Lipinski definition) is 2. The lowest BCUT2D eigenvalue weighted by Crippen LogP contribution is -2.19. The number of methoxy groups -OCH3 is 2. The van der Waals surface area contributed by atoms with Gasteiger partial charge < -0.3 is 14.0 Å². The number of halogens is 1. The summed E-state index contributed by atoms with van der Waals surface area (Å²) in [5.74, 6) is 0. The lowest BCUT2D eigenvalue weighted by Gasteiger charge is -2.15. The minimum Gasteiger partial charge on any atom is -0.354 e. The van der Waals surface area contributed by atoms with Gasteiger partial charge in [0.15, 0.2) is 6.29 Å². The molecule has 2 aromatic rings. The second-order valence-electron chi connectivity index (χ2n) is 3.55. The van der Waals surface area contributed by atoms with Gasteiger partial charge in [-0.1, -0.05) is 23.7 Å². The number of para-hydroxylation sites is 1. The zero-order chi connectivity index (χ0) is 11.5. The van der Waals surface area contributed by atoms with E-state index in [0.717, 1.165) is 15.9 Å². The van der Waals surface area contributed by atoms with Crippen molar-refractivity contribution in [1.29, 1.82) is 0 Å². The molecule has 0 aliphatic carbocycles. The average molecular weight is 240 g/mol. The summed E-state index contributed by atoms with van der Waals surface area (Å²) < 4.78 is 12.4. The van der Waals surface area contributed by atoms with Crippen molar-refractivity contribution >= 4 is 22.5 Å². The van der Waals surface area contributed by atoms with Crippen molar-refractivity contribution in [1.82, 2.24) is 4.57 Å². The van der Waals surface area contributed by atoms with Gasteiger partial charge in [0, 0.05) is 25.8 Å². The fourth-order valence-electron chi connectivity index (χ4n) is 1.77. The Hall–Kier alpha value is -1.03. The van der Waals surface area contributed by atoms with Gasteiger partial charge in [-0.3, -0.25) is 0 Å². The third-order valence-corrected chi connectivity index (χ3v) is 2.92. The number of ether oxygens (including phenoxy) is 2. The van der Waals surface area contributed by atoms with Crippen LogP contribution in [0.3, 0.4) is 0 Å². The Kier molecular flexibility index (Phi) is 3.49. The van der Waals surface area contributed by atoms with Gasteiger partial charge in [0.25, 0.3) is 0 Å². The van der Waals surface area contributed by atoms with Crippen LogP contribution >= 0.6 is 11.6 Å². The Morgan fingerprint density at radius 1 is 1.25 bits per heavy atom. The lowest BCUT2D eigenvalue weighted by atomic mass is 10.2. The zero-order valence-electron chi connectivity index (χ0n) is 9.31. The van der Waals surface area contributed by atoms with E-state index in [-0.39, 0.29) is 6.29 Å². The van der Waals surface area contributed by atoms with E-state index in [1.807, 2.05) is 35.0 Å². The van der Waals surface area contributed by atoms with Gasteiger partial charge in [-0.2, -0.15) is 0 Å². The molecule has 0 radical (unpaired) electrons. The first-order valence-corrected chi connectivity index (χ1v) is 5.43. The topological polar surface area (TPSA) is 23.4 Å². The van der Waals surface area contributed by atoms with E-state index in [0.29, 0.717) is 6.54 Å². The molecule has 1 aromatic heterocycles. The monoisotopic (exact) mass is 239 g/mol. The third kappa shape index (κ3) is 2.07. The highest BCUT2D eigenvalue weighted by Crippen LogP contribution is 2.24. The van der Waals surface area contributed by atoms with Crippen molar-refractivity contribution in [2.75, 3.05) is 14.2 Å². The summed E-state index contributed by atoms with van der Waals surface area (Å²) in [6, 6.07) is 7.89. The zero-order valence-corrected chi connectivity index (χ0v) is 10.1. The van der Waals surface area contributed by atoms with Crippen LogP contribution in [0.4, 0.5) is 0 Å². The third-order valence-electron chi connectivity index (χ3n) is 2.61. The smallest absolute Gasteiger partial charge is 0.174 e. The summed E-state index contributed by atoms with van der Waals surface area (Å²) in [4.78, 5) is 0. The van der Waals surface area contributed by atoms with Crippen molar-refractivity contribution in [3.8, 4) is 0 Å². The molecular formula is C12H14ClNO2. The molecule has 2 rings (SSSR count). The molecule has 0 atom stereocenters. The molecule has 3 nitrogen and oxygen atoms in total. The van der Waals surface area contributed by atoms with Crippen molar-refractivity contribution in [2.24, 2.45) is 0 Å². The molecule has 0 fully saturated rings. The molecule has 0 aliphatic rings. The molecule has 0 spiro atoms. The van der Waals surface area contributed by atoms with Gasteiger partial charge in [0.2, 0.25) is 0 Å². The van der Waals surface area contributed by atoms with E-state index in [1.165, 1.54) is 0 Å². The predicted octanol–water partition coefficient (Wildman–Crippen LogP) is 2.91. The molecule has 0 saturated carbocycles. The van der Waals surface area contributed by atoms with E-state index >= 15 is 0 Å². The Balaban J connectivity index is 2.37. The van der Waals surface area contributed by atoms with Gasteiger partial charge in [0.1, 0.15) is 0 Å². The fourth-order valence-corrected chi connectivity index (χ4v) is 2.06. The molecule has 0 saturated heterocycles. The standard InChI is InChI=1S/C12H14ClNO2/c1-15-11(16-2)8-14-7-6-9-4-3-5-10(13)12(9)14/h3-7,11H,8H2,1-2H3. The van der Waals surface area contributed by atoms with E-state index < -0.39 is 0 Å². The summed E-state index contributed by atoms with van der Waals surface area (Å²) in [7, 11) is 3.25. The molecule has 1 heterocycles. The van der Waals surface area contributed by atoms with E-state index in [4.69, 9.17) is 21.1 Å². The van der Waals surface area contributed by atoms with Gasteiger partial charge in [0.05, 0.1) is 17.1 Å². The Morgan fingerprint density at radius 3 is 2.69 bits per heavy atom.